The number of carbonyl (C=O) groups is 1. The van der Waals surface area contributed by atoms with E-state index in [0.717, 1.165) is 24.5 Å². The van der Waals surface area contributed by atoms with Crippen LogP contribution in [0.25, 0.3) is 0 Å². The van der Waals surface area contributed by atoms with Gasteiger partial charge in [0.1, 0.15) is 0 Å². The molecule has 3 nitrogen and oxygen atoms in total. The number of rotatable bonds is 6. The zero-order valence-electron chi connectivity index (χ0n) is 13.2. The topological polar surface area (TPSA) is 41.5 Å². The molecule has 0 spiro atoms. The third-order valence-electron chi connectivity index (χ3n) is 2.15. The zero-order chi connectivity index (χ0) is 15.3. The van der Waals surface area contributed by atoms with Gasteiger partial charge >= 0.3 is 0 Å². The molecule has 0 aliphatic rings. The quantitative estimate of drug-likeness (QED) is 0.340. The van der Waals surface area contributed by atoms with Crippen LogP contribution >= 0.6 is 0 Å². The van der Waals surface area contributed by atoms with Crippen LogP contribution in [-0.4, -0.2) is 18.2 Å². The Morgan fingerprint density at radius 3 is 2.26 bits per heavy atom. The Bertz CT molecular complexity index is 363. The van der Waals surface area contributed by atoms with Crippen molar-refractivity contribution in [3.63, 3.8) is 0 Å². The van der Waals surface area contributed by atoms with Gasteiger partial charge in [-0.05, 0) is 33.3 Å². The van der Waals surface area contributed by atoms with E-state index in [2.05, 4.69) is 23.8 Å². The van der Waals surface area contributed by atoms with Crippen molar-refractivity contribution in [1.29, 1.82) is 0 Å². The minimum absolute atomic E-state index is 0.00398. The van der Waals surface area contributed by atoms with Crippen molar-refractivity contribution in [2.75, 3.05) is 6.54 Å². The summed E-state index contributed by atoms with van der Waals surface area (Å²) >= 11 is 0. The number of amidine groups is 1. The first-order chi connectivity index (χ1) is 9.04. The Labute approximate surface area is 118 Å². The monoisotopic (exact) mass is 264 g/mol. The lowest BCUT2D eigenvalue weighted by molar-refractivity contribution is -0.113. The van der Waals surface area contributed by atoms with Gasteiger partial charge in [0.15, 0.2) is 5.78 Å². The van der Waals surface area contributed by atoms with Crippen LogP contribution in [0.15, 0.2) is 41.1 Å². The second kappa shape index (κ2) is 12.8. The van der Waals surface area contributed by atoms with E-state index in [1.807, 2.05) is 33.8 Å². The predicted molar refractivity (Wildman–Crippen MR) is 85.5 cm³/mol. The van der Waals surface area contributed by atoms with Crippen LogP contribution in [-0.2, 0) is 4.79 Å². The molecule has 1 N–H and O–H groups in total. The molecule has 0 aromatic carbocycles. The number of nitrogens with zero attached hydrogens (tertiary/aromatic N) is 1. The molecular formula is C16H28N2O. The van der Waals surface area contributed by atoms with Gasteiger partial charge in [0.2, 0.25) is 0 Å². The summed E-state index contributed by atoms with van der Waals surface area (Å²) in [6.07, 6.45) is 6.26. The Balaban J connectivity index is 0. The number of ketones is 1. The maximum Gasteiger partial charge on any atom is 0.159 e. The average molecular weight is 264 g/mol. The summed E-state index contributed by atoms with van der Waals surface area (Å²) in [6.45, 7) is 15.9. The second-order valence-electron chi connectivity index (χ2n) is 3.70. The highest BCUT2D eigenvalue weighted by atomic mass is 16.1. The van der Waals surface area contributed by atoms with Gasteiger partial charge in [0.05, 0.1) is 5.84 Å². The molecule has 0 aromatic rings. The molecule has 0 fully saturated rings. The molecule has 0 aliphatic carbocycles. The molecule has 0 saturated carbocycles. The van der Waals surface area contributed by atoms with E-state index in [9.17, 15) is 4.79 Å². The van der Waals surface area contributed by atoms with Crippen LogP contribution in [0.5, 0.6) is 0 Å². The summed E-state index contributed by atoms with van der Waals surface area (Å²) in [5, 5.41) is 3.16. The number of aliphatic imine (C=N–C) groups is 1. The summed E-state index contributed by atoms with van der Waals surface area (Å²) in [7, 11) is 0. The van der Waals surface area contributed by atoms with Crippen LogP contribution in [0.4, 0.5) is 0 Å². The Kier molecular flexibility index (Phi) is 13.3. The van der Waals surface area contributed by atoms with Crippen LogP contribution in [0.1, 0.15) is 48.0 Å². The molecule has 0 bridgehead atoms. The fourth-order valence-corrected chi connectivity index (χ4v) is 1.19. The smallest absolute Gasteiger partial charge is 0.159 e. The first-order valence-electron chi connectivity index (χ1n) is 6.84. The molecular weight excluding hydrogens is 236 g/mol. The minimum Gasteiger partial charge on any atom is -0.345 e. The van der Waals surface area contributed by atoms with Gasteiger partial charge in [0, 0.05) is 17.8 Å². The van der Waals surface area contributed by atoms with Crippen LogP contribution in [0.2, 0.25) is 0 Å². The highest BCUT2D eigenvalue weighted by molar-refractivity contribution is 5.96. The first kappa shape index (κ1) is 19.7. The average Bonchev–Trinajstić information content (AvgIpc) is 2.42. The van der Waals surface area contributed by atoms with Crippen molar-refractivity contribution in [2.45, 2.75) is 48.0 Å². The molecule has 0 amide bonds. The molecule has 3 heteroatoms. The van der Waals surface area contributed by atoms with Crippen molar-refractivity contribution in [3.05, 3.63) is 36.1 Å². The third-order valence-corrected chi connectivity index (χ3v) is 2.15. The number of hydrogen-bond donors (Lipinski definition) is 1. The maximum absolute atomic E-state index is 11.3. The lowest BCUT2D eigenvalue weighted by atomic mass is 10.1. The highest BCUT2D eigenvalue weighted by Gasteiger charge is 2.00. The van der Waals surface area contributed by atoms with Crippen LogP contribution in [0, 0.1) is 0 Å². The third kappa shape index (κ3) is 10.0. The van der Waals surface area contributed by atoms with E-state index in [1.54, 1.807) is 12.2 Å². The second-order valence-corrected chi connectivity index (χ2v) is 3.70. The SMILES string of the molecule is C=C/C(=C\C(=C/C)NC(C)=NCCC)C(C)=O.CC. The number of hydrogen-bond acceptors (Lipinski definition) is 2. The lowest BCUT2D eigenvalue weighted by Gasteiger charge is -2.07. The van der Waals surface area contributed by atoms with Crippen molar-refractivity contribution >= 4 is 11.6 Å². The number of allylic oxidation sites excluding steroid dienone is 4. The zero-order valence-corrected chi connectivity index (χ0v) is 13.2. The molecule has 0 unspecified atom stereocenters. The maximum atomic E-state index is 11.3. The van der Waals surface area contributed by atoms with Crippen molar-refractivity contribution in [2.24, 2.45) is 4.99 Å². The molecule has 0 radical (unpaired) electrons. The largest absolute Gasteiger partial charge is 0.345 e. The lowest BCUT2D eigenvalue weighted by Crippen LogP contribution is -2.19. The first-order valence-corrected chi connectivity index (χ1v) is 6.84. The van der Waals surface area contributed by atoms with Gasteiger partial charge < -0.3 is 5.32 Å². The fraction of sp³-hybridized carbons (Fsp3) is 0.500. The van der Waals surface area contributed by atoms with Gasteiger partial charge in [-0.1, -0.05) is 39.5 Å². The van der Waals surface area contributed by atoms with E-state index in [0.29, 0.717) is 5.57 Å². The summed E-state index contributed by atoms with van der Waals surface area (Å²) in [5.74, 6) is 0.854. The van der Waals surface area contributed by atoms with Crippen molar-refractivity contribution < 1.29 is 4.79 Å². The van der Waals surface area contributed by atoms with Crippen molar-refractivity contribution in [3.8, 4) is 0 Å². The number of nitrogens with one attached hydrogen (secondary N) is 1. The Hall–Kier alpha value is -1.64. The van der Waals surface area contributed by atoms with E-state index in [4.69, 9.17) is 0 Å². The van der Waals surface area contributed by atoms with Gasteiger partial charge in [-0.15, -0.1) is 0 Å². The Morgan fingerprint density at radius 2 is 1.89 bits per heavy atom. The normalized spacial score (nSPS) is 12.4. The summed E-state index contributed by atoms with van der Waals surface area (Å²) in [5.41, 5.74) is 1.45. The Morgan fingerprint density at radius 1 is 1.32 bits per heavy atom. The molecule has 108 valence electrons. The van der Waals surface area contributed by atoms with E-state index in [-0.39, 0.29) is 5.78 Å². The van der Waals surface area contributed by atoms with Crippen LogP contribution in [0.3, 0.4) is 0 Å². The molecule has 19 heavy (non-hydrogen) atoms. The summed E-state index contributed by atoms with van der Waals surface area (Å²) < 4.78 is 0. The van der Waals surface area contributed by atoms with Gasteiger partial charge in [0.25, 0.3) is 0 Å². The van der Waals surface area contributed by atoms with Crippen LogP contribution < -0.4 is 5.32 Å². The summed E-state index contributed by atoms with van der Waals surface area (Å²) in [4.78, 5) is 15.6. The van der Waals surface area contributed by atoms with Crippen molar-refractivity contribution in [1.82, 2.24) is 5.32 Å². The molecule has 0 heterocycles. The molecule has 0 aliphatic heterocycles. The highest BCUT2D eigenvalue weighted by Crippen LogP contribution is 2.03. The van der Waals surface area contributed by atoms with Gasteiger partial charge in [-0.2, -0.15) is 0 Å². The molecule has 0 rings (SSSR count). The minimum atomic E-state index is 0.00398. The van der Waals surface area contributed by atoms with Gasteiger partial charge in [-0.3, -0.25) is 9.79 Å². The predicted octanol–water partition coefficient (Wildman–Crippen LogP) is 4.04. The number of Topliss-reactive ketones (excluding diaryl/α,β-unsaturated/α-hetero) is 1. The molecule has 0 atom stereocenters. The number of carbonyl (C=O) groups excluding carboxylic acids is 1. The standard InChI is InChI=1S/C14H22N2O.C2H6/c1-6-9-15-12(5)16-14(8-3)10-13(7-2)11(4)17;1-2/h7-8,10H,2,6,9H2,1,3-5H3,(H,15,16);1-2H3/b13-10+,14-8+;. The van der Waals surface area contributed by atoms with Gasteiger partial charge in [-0.25, -0.2) is 0 Å². The molecule has 0 aromatic heterocycles. The fourth-order valence-electron chi connectivity index (χ4n) is 1.19. The van der Waals surface area contributed by atoms with E-state index < -0.39 is 0 Å². The van der Waals surface area contributed by atoms with E-state index in [1.165, 1.54) is 6.92 Å². The molecule has 0 saturated heterocycles. The summed E-state index contributed by atoms with van der Waals surface area (Å²) in [6, 6.07) is 0. The van der Waals surface area contributed by atoms with E-state index >= 15 is 0 Å².